The topological polar surface area (TPSA) is 59.1 Å². The Morgan fingerprint density at radius 2 is 1.91 bits per heavy atom. The maximum Gasteiger partial charge on any atom is 0.248 e. The number of ether oxygens (including phenoxy) is 2. The van der Waals surface area contributed by atoms with Gasteiger partial charge in [0, 0.05) is 31.5 Å². The summed E-state index contributed by atoms with van der Waals surface area (Å²) < 4.78 is 11.6. The molecule has 1 atom stereocenters. The Balaban J connectivity index is 1.43. The fourth-order valence-electron chi connectivity index (χ4n) is 3.84. The Kier molecular flexibility index (Phi) is 4.92. The number of carbonyl (C=O) groups is 2. The van der Waals surface area contributed by atoms with E-state index in [2.05, 4.69) is 0 Å². The van der Waals surface area contributed by atoms with Gasteiger partial charge in [0.15, 0.2) is 0 Å². The fraction of sp³-hybridized carbons (Fsp3) is 0.882. The van der Waals surface area contributed by atoms with Gasteiger partial charge < -0.3 is 19.3 Å². The summed E-state index contributed by atoms with van der Waals surface area (Å²) in [6, 6.07) is 0. The highest BCUT2D eigenvalue weighted by Gasteiger charge is 2.54. The van der Waals surface area contributed by atoms with Crippen LogP contribution in [0.2, 0.25) is 0 Å². The summed E-state index contributed by atoms with van der Waals surface area (Å²) >= 11 is 0. The normalized spacial score (nSPS) is 26.1. The maximum absolute atomic E-state index is 12.0. The second-order valence-electron chi connectivity index (χ2n) is 7.35. The number of amides is 2. The molecule has 3 heterocycles. The van der Waals surface area contributed by atoms with E-state index in [-0.39, 0.29) is 35.9 Å². The van der Waals surface area contributed by atoms with Gasteiger partial charge in [-0.25, -0.2) is 0 Å². The van der Waals surface area contributed by atoms with Crippen molar-refractivity contribution in [1.82, 2.24) is 9.80 Å². The van der Waals surface area contributed by atoms with Crippen LogP contribution < -0.4 is 0 Å². The van der Waals surface area contributed by atoms with E-state index in [0.717, 1.165) is 39.0 Å². The third-order valence-electron chi connectivity index (χ3n) is 5.33. The molecule has 0 radical (unpaired) electrons. The lowest BCUT2D eigenvalue weighted by molar-refractivity contribution is -0.172. The minimum Gasteiger partial charge on any atom is -0.371 e. The fourth-order valence-corrected chi connectivity index (χ4v) is 3.84. The number of likely N-dealkylation sites (tertiary alicyclic amines) is 2. The van der Waals surface area contributed by atoms with E-state index < -0.39 is 0 Å². The van der Waals surface area contributed by atoms with Crippen molar-refractivity contribution in [2.75, 3.05) is 46.0 Å². The maximum atomic E-state index is 12.0. The van der Waals surface area contributed by atoms with Crippen LogP contribution in [0.4, 0.5) is 0 Å². The van der Waals surface area contributed by atoms with Crippen LogP contribution in [-0.4, -0.2) is 73.2 Å². The molecular weight excluding hydrogens is 296 g/mol. The summed E-state index contributed by atoms with van der Waals surface area (Å²) in [6.07, 6.45) is 3.15. The van der Waals surface area contributed by atoms with Gasteiger partial charge in [-0.2, -0.15) is 0 Å². The first-order valence-corrected chi connectivity index (χ1v) is 8.80. The molecule has 3 rings (SSSR count). The second kappa shape index (κ2) is 6.77. The molecule has 3 fully saturated rings. The largest absolute Gasteiger partial charge is 0.371 e. The van der Waals surface area contributed by atoms with Gasteiger partial charge in [0.05, 0.1) is 19.7 Å². The highest BCUT2D eigenvalue weighted by molar-refractivity contribution is 5.79. The monoisotopic (exact) mass is 324 g/mol. The molecule has 3 saturated heterocycles. The molecule has 6 nitrogen and oxygen atoms in total. The SMILES string of the molecule is CC(C)C(=O)N1CC2(C1)OCC[C@@H]2COCC(=O)N1CCCC1. The van der Waals surface area contributed by atoms with Crippen LogP contribution in [-0.2, 0) is 19.1 Å². The van der Waals surface area contributed by atoms with Crippen molar-refractivity contribution in [3.8, 4) is 0 Å². The van der Waals surface area contributed by atoms with Crippen molar-refractivity contribution in [2.24, 2.45) is 11.8 Å². The molecule has 130 valence electrons. The minimum atomic E-state index is -0.235. The molecule has 0 aromatic carbocycles. The highest BCUT2D eigenvalue weighted by atomic mass is 16.5. The van der Waals surface area contributed by atoms with Crippen LogP contribution in [0.3, 0.4) is 0 Å². The van der Waals surface area contributed by atoms with E-state index >= 15 is 0 Å². The van der Waals surface area contributed by atoms with Gasteiger partial charge in [-0.1, -0.05) is 13.8 Å². The van der Waals surface area contributed by atoms with Crippen LogP contribution >= 0.6 is 0 Å². The first kappa shape index (κ1) is 16.7. The zero-order valence-electron chi connectivity index (χ0n) is 14.3. The van der Waals surface area contributed by atoms with E-state index in [9.17, 15) is 9.59 Å². The van der Waals surface area contributed by atoms with Gasteiger partial charge in [-0.3, -0.25) is 9.59 Å². The molecule has 6 heteroatoms. The van der Waals surface area contributed by atoms with Crippen LogP contribution in [0, 0.1) is 11.8 Å². The van der Waals surface area contributed by atoms with Crippen LogP contribution in [0.25, 0.3) is 0 Å². The molecule has 3 aliphatic heterocycles. The minimum absolute atomic E-state index is 0.0292. The van der Waals surface area contributed by atoms with Gasteiger partial charge >= 0.3 is 0 Å². The average molecular weight is 324 g/mol. The van der Waals surface area contributed by atoms with Crippen molar-refractivity contribution in [3.63, 3.8) is 0 Å². The Morgan fingerprint density at radius 3 is 2.57 bits per heavy atom. The highest BCUT2D eigenvalue weighted by Crippen LogP contribution is 2.40. The van der Waals surface area contributed by atoms with Crippen LogP contribution in [0.5, 0.6) is 0 Å². The van der Waals surface area contributed by atoms with Crippen molar-refractivity contribution < 1.29 is 19.1 Å². The lowest BCUT2D eigenvalue weighted by Gasteiger charge is -2.50. The quantitative estimate of drug-likeness (QED) is 0.754. The number of nitrogens with zero attached hydrogens (tertiary/aromatic N) is 2. The Labute approximate surface area is 138 Å². The van der Waals surface area contributed by atoms with E-state index in [1.165, 1.54) is 0 Å². The summed E-state index contributed by atoms with van der Waals surface area (Å²) in [5, 5.41) is 0. The molecule has 0 aromatic rings. The van der Waals surface area contributed by atoms with Crippen LogP contribution in [0.1, 0.15) is 33.1 Å². The van der Waals surface area contributed by atoms with Gasteiger partial charge in [-0.15, -0.1) is 0 Å². The molecule has 0 N–H and O–H groups in total. The van der Waals surface area contributed by atoms with E-state index in [4.69, 9.17) is 9.47 Å². The second-order valence-corrected chi connectivity index (χ2v) is 7.35. The lowest BCUT2D eigenvalue weighted by atomic mass is 9.80. The van der Waals surface area contributed by atoms with Gasteiger partial charge in [0.1, 0.15) is 12.2 Å². The summed E-state index contributed by atoms with van der Waals surface area (Å²) in [4.78, 5) is 27.8. The van der Waals surface area contributed by atoms with Crippen molar-refractivity contribution in [2.45, 2.75) is 38.7 Å². The third-order valence-corrected chi connectivity index (χ3v) is 5.33. The molecular formula is C17H28N2O4. The van der Waals surface area contributed by atoms with E-state index in [1.54, 1.807) is 0 Å². The summed E-state index contributed by atoms with van der Waals surface area (Å²) in [7, 11) is 0. The zero-order valence-corrected chi connectivity index (χ0v) is 14.3. The molecule has 0 aliphatic carbocycles. The van der Waals surface area contributed by atoms with Crippen LogP contribution in [0.15, 0.2) is 0 Å². The molecule has 23 heavy (non-hydrogen) atoms. The smallest absolute Gasteiger partial charge is 0.248 e. The number of hydrogen-bond acceptors (Lipinski definition) is 4. The van der Waals surface area contributed by atoms with E-state index in [0.29, 0.717) is 19.7 Å². The van der Waals surface area contributed by atoms with Crippen molar-refractivity contribution in [3.05, 3.63) is 0 Å². The Hall–Kier alpha value is -1.14. The van der Waals surface area contributed by atoms with Gasteiger partial charge in [0.2, 0.25) is 11.8 Å². The molecule has 3 aliphatic rings. The van der Waals surface area contributed by atoms with Gasteiger partial charge in [0.25, 0.3) is 0 Å². The molecule has 2 amide bonds. The summed E-state index contributed by atoms with van der Waals surface area (Å²) in [6.45, 7) is 8.34. The Morgan fingerprint density at radius 1 is 1.22 bits per heavy atom. The third kappa shape index (κ3) is 3.38. The standard InChI is InChI=1S/C17H28N2O4/c1-13(2)16(21)19-11-17(12-19)14(5-8-23-17)9-22-10-15(20)18-6-3-4-7-18/h13-14H,3-12H2,1-2H3/t14-/m1/s1. The molecule has 0 unspecified atom stereocenters. The first-order chi connectivity index (χ1) is 11.0. The molecule has 0 bridgehead atoms. The van der Waals surface area contributed by atoms with Gasteiger partial charge in [-0.05, 0) is 19.3 Å². The Bertz CT molecular complexity index is 454. The predicted molar refractivity (Wildman–Crippen MR) is 84.8 cm³/mol. The van der Waals surface area contributed by atoms with Crippen molar-refractivity contribution in [1.29, 1.82) is 0 Å². The first-order valence-electron chi connectivity index (χ1n) is 8.80. The molecule has 0 saturated carbocycles. The average Bonchev–Trinajstić information content (AvgIpc) is 3.14. The number of hydrogen-bond donors (Lipinski definition) is 0. The summed E-state index contributed by atoms with van der Waals surface area (Å²) in [5.74, 6) is 0.599. The molecule has 1 spiro atoms. The molecule has 0 aromatic heterocycles. The zero-order chi connectivity index (χ0) is 16.4. The number of rotatable bonds is 5. The van der Waals surface area contributed by atoms with E-state index in [1.807, 2.05) is 23.6 Å². The number of carbonyl (C=O) groups excluding carboxylic acids is 2. The van der Waals surface area contributed by atoms with Crippen molar-refractivity contribution >= 4 is 11.8 Å². The predicted octanol–water partition coefficient (Wildman–Crippen LogP) is 0.899. The summed E-state index contributed by atoms with van der Waals surface area (Å²) in [5.41, 5.74) is -0.235. The lowest BCUT2D eigenvalue weighted by Crippen LogP contribution is -2.67.